The van der Waals surface area contributed by atoms with Crippen molar-refractivity contribution in [3.05, 3.63) is 29.8 Å². The van der Waals surface area contributed by atoms with Crippen molar-refractivity contribution in [2.24, 2.45) is 17.6 Å². The van der Waals surface area contributed by atoms with Gasteiger partial charge in [0.1, 0.15) is 18.7 Å². The third kappa shape index (κ3) is 14.8. The number of nitrogens with one attached hydrogen (secondary N) is 5. The molecular weight excluding hydrogens is 572 g/mol. The van der Waals surface area contributed by atoms with Crippen LogP contribution < -0.4 is 32.3 Å². The molecule has 0 saturated carbocycles. The van der Waals surface area contributed by atoms with E-state index in [2.05, 4.69) is 26.6 Å². The van der Waals surface area contributed by atoms with Crippen molar-refractivity contribution < 1.29 is 38.6 Å². The number of hydrogen-bond donors (Lipinski definition) is 7. The van der Waals surface area contributed by atoms with Crippen LogP contribution in [0.3, 0.4) is 0 Å². The number of carbonyl (C=O) groups excluding carboxylic acids is 5. The Morgan fingerprint density at radius 2 is 1.48 bits per heavy atom. The average Bonchev–Trinajstić information content (AvgIpc) is 2.93. The number of carbonyl (C=O) groups is 6. The number of esters is 1. The Kier molecular flexibility index (Phi) is 16.5. The average molecular weight is 621 g/mol. The summed E-state index contributed by atoms with van der Waals surface area (Å²) in [5.41, 5.74) is 6.29. The number of primary amides is 1. The first-order valence-electron chi connectivity index (χ1n) is 14.8. The lowest BCUT2D eigenvalue weighted by Crippen LogP contribution is -2.58. The fourth-order valence-electron chi connectivity index (χ4n) is 4.03. The van der Waals surface area contributed by atoms with Gasteiger partial charge >= 0.3 is 18.0 Å². The quantitative estimate of drug-likeness (QED) is 0.0882. The van der Waals surface area contributed by atoms with E-state index in [0.29, 0.717) is 12.1 Å². The third-order valence-corrected chi connectivity index (χ3v) is 6.42. The van der Waals surface area contributed by atoms with E-state index in [-0.39, 0.29) is 56.3 Å². The molecule has 0 saturated heterocycles. The molecule has 0 aliphatic heterocycles. The summed E-state index contributed by atoms with van der Waals surface area (Å²) in [5.74, 6) is -3.64. The first-order chi connectivity index (χ1) is 20.6. The van der Waals surface area contributed by atoms with Gasteiger partial charge in [-0.2, -0.15) is 0 Å². The second-order valence-corrected chi connectivity index (χ2v) is 11.5. The van der Waals surface area contributed by atoms with Crippen molar-refractivity contribution in [1.82, 2.24) is 21.3 Å². The Morgan fingerprint density at radius 3 is 2.00 bits per heavy atom. The molecule has 8 N–H and O–H groups in total. The lowest BCUT2D eigenvalue weighted by Gasteiger charge is -2.28. The first-order valence-corrected chi connectivity index (χ1v) is 14.8. The summed E-state index contributed by atoms with van der Waals surface area (Å²) in [7, 11) is 0. The summed E-state index contributed by atoms with van der Waals surface area (Å²) in [5, 5.41) is 22.7. The Labute approximate surface area is 258 Å². The number of rotatable bonds is 19. The second kappa shape index (κ2) is 19.2. The maximum Gasteiger partial charge on any atom is 0.312 e. The molecule has 1 aromatic rings. The monoisotopic (exact) mass is 620 g/mol. The van der Waals surface area contributed by atoms with Crippen molar-refractivity contribution >= 4 is 41.4 Å². The summed E-state index contributed by atoms with van der Waals surface area (Å²) < 4.78 is 5.22. The van der Waals surface area contributed by atoms with Gasteiger partial charge in [-0.05, 0) is 42.9 Å². The minimum Gasteiger partial charge on any atom is -0.481 e. The van der Waals surface area contributed by atoms with Crippen LogP contribution in [0.1, 0.15) is 72.8 Å². The highest BCUT2D eigenvalue weighted by molar-refractivity contribution is 5.98. The van der Waals surface area contributed by atoms with E-state index in [1.54, 1.807) is 52.0 Å². The molecule has 0 aliphatic rings. The van der Waals surface area contributed by atoms with Gasteiger partial charge in [0, 0.05) is 24.7 Å². The molecule has 0 radical (unpaired) electrons. The number of amides is 5. The fraction of sp³-hybridized carbons (Fsp3) is 0.600. The van der Waals surface area contributed by atoms with E-state index in [1.807, 2.05) is 13.8 Å². The summed E-state index contributed by atoms with van der Waals surface area (Å²) in [6, 6.07) is 2.96. The number of urea groups is 1. The Bertz CT molecular complexity index is 1120. The molecular formula is C30H48N6O8. The van der Waals surface area contributed by atoms with E-state index in [1.165, 1.54) is 0 Å². The van der Waals surface area contributed by atoms with Gasteiger partial charge in [0.25, 0.3) is 0 Å². The van der Waals surface area contributed by atoms with Gasteiger partial charge in [0.15, 0.2) is 0 Å². The summed E-state index contributed by atoms with van der Waals surface area (Å²) in [6.07, 6.45) is 0.260. The van der Waals surface area contributed by atoms with E-state index >= 15 is 0 Å². The van der Waals surface area contributed by atoms with Crippen molar-refractivity contribution in [2.75, 3.05) is 11.9 Å². The fourth-order valence-corrected chi connectivity index (χ4v) is 4.03. The number of benzene rings is 1. The smallest absolute Gasteiger partial charge is 0.312 e. The minimum absolute atomic E-state index is 0.0304. The van der Waals surface area contributed by atoms with Crippen LogP contribution in [0.2, 0.25) is 0 Å². The van der Waals surface area contributed by atoms with Crippen molar-refractivity contribution in [1.29, 1.82) is 0 Å². The van der Waals surface area contributed by atoms with E-state index in [4.69, 9.17) is 15.6 Å². The number of hydrogen-bond acceptors (Lipinski definition) is 8. The molecule has 44 heavy (non-hydrogen) atoms. The molecule has 14 nitrogen and oxygen atoms in total. The predicted octanol–water partition coefficient (Wildman–Crippen LogP) is 1.63. The number of carboxylic acid groups (broad SMARTS) is 1. The molecule has 0 aliphatic carbocycles. The number of ether oxygens (including phenoxy) is 1. The van der Waals surface area contributed by atoms with Crippen LogP contribution in [0.5, 0.6) is 0 Å². The van der Waals surface area contributed by atoms with Gasteiger partial charge in [-0.15, -0.1) is 0 Å². The molecule has 0 aromatic heterocycles. The maximum atomic E-state index is 13.4. The molecule has 14 heteroatoms. The van der Waals surface area contributed by atoms with Gasteiger partial charge in [-0.1, -0.05) is 53.7 Å². The molecule has 0 fully saturated rings. The van der Waals surface area contributed by atoms with Crippen LogP contribution in [0, 0.1) is 11.8 Å². The zero-order valence-corrected chi connectivity index (χ0v) is 26.4. The summed E-state index contributed by atoms with van der Waals surface area (Å²) in [4.78, 5) is 73.7. The predicted molar refractivity (Wildman–Crippen MR) is 164 cm³/mol. The maximum absolute atomic E-state index is 13.4. The number of carboxylic acids is 1. The molecule has 0 heterocycles. The SMILES string of the molecule is CC(C)N[C@H](CCC(=O)O)C(=O)N[C@@H](C(=O)N[C@@H](CCCNC(N)=O)C(=O)Nc1ccc(COC(=O)C(C)C)cc1)C(C)C. The standard InChI is InChI=1S/C30H48N6O8/c1-17(2)25(36-27(40)23(33-19(5)6)13-14-24(37)38)28(41)35-22(8-7-15-32-30(31)43)26(39)34-21-11-9-20(10-12-21)16-44-29(42)18(3)4/h9-12,17-19,22-23,25,33H,7-8,13-16H2,1-6H3,(H,34,39)(H,35,41)(H,36,40)(H,37,38)(H3,31,32,43)/t22-,23+,25+/m0/s1. The Balaban J connectivity index is 3.02. The van der Waals surface area contributed by atoms with Crippen LogP contribution in [0.4, 0.5) is 10.5 Å². The molecule has 0 spiro atoms. The Hall–Kier alpha value is -4.20. The van der Waals surface area contributed by atoms with Crippen LogP contribution >= 0.6 is 0 Å². The van der Waals surface area contributed by atoms with Crippen LogP contribution in [0.15, 0.2) is 24.3 Å². The molecule has 246 valence electrons. The van der Waals surface area contributed by atoms with Crippen molar-refractivity contribution in [2.45, 2.75) is 98.0 Å². The third-order valence-electron chi connectivity index (χ3n) is 6.42. The zero-order chi connectivity index (χ0) is 33.4. The normalized spacial score (nSPS) is 13.1. The molecule has 0 unspecified atom stereocenters. The van der Waals surface area contributed by atoms with Crippen LogP contribution in [0.25, 0.3) is 0 Å². The topological polar surface area (TPSA) is 218 Å². The first kappa shape index (κ1) is 37.8. The zero-order valence-electron chi connectivity index (χ0n) is 26.4. The Morgan fingerprint density at radius 1 is 0.841 bits per heavy atom. The summed E-state index contributed by atoms with van der Waals surface area (Å²) >= 11 is 0. The highest BCUT2D eigenvalue weighted by atomic mass is 16.5. The van der Waals surface area contributed by atoms with Gasteiger partial charge in [0.2, 0.25) is 17.7 Å². The largest absolute Gasteiger partial charge is 0.481 e. The number of anilines is 1. The summed E-state index contributed by atoms with van der Waals surface area (Å²) in [6.45, 7) is 10.8. The minimum atomic E-state index is -1.05. The molecule has 5 amide bonds. The molecule has 3 atom stereocenters. The van der Waals surface area contributed by atoms with Crippen LogP contribution in [-0.2, 0) is 35.3 Å². The van der Waals surface area contributed by atoms with Crippen molar-refractivity contribution in [3.63, 3.8) is 0 Å². The highest BCUT2D eigenvalue weighted by Gasteiger charge is 2.31. The molecule has 0 bridgehead atoms. The highest BCUT2D eigenvalue weighted by Crippen LogP contribution is 2.13. The van der Waals surface area contributed by atoms with Gasteiger partial charge in [-0.25, -0.2) is 4.79 Å². The number of aliphatic carboxylic acids is 1. The van der Waals surface area contributed by atoms with Crippen LogP contribution in [-0.4, -0.2) is 71.5 Å². The molecule has 1 aromatic carbocycles. The number of nitrogens with two attached hydrogens (primary N) is 1. The van der Waals surface area contributed by atoms with Crippen molar-refractivity contribution in [3.8, 4) is 0 Å². The van der Waals surface area contributed by atoms with Gasteiger partial charge in [0.05, 0.1) is 12.0 Å². The van der Waals surface area contributed by atoms with Gasteiger partial charge in [-0.3, -0.25) is 24.0 Å². The van der Waals surface area contributed by atoms with E-state index < -0.39 is 47.8 Å². The lowest BCUT2D eigenvalue weighted by molar-refractivity contribution is -0.148. The lowest BCUT2D eigenvalue weighted by atomic mass is 10.0. The molecule has 1 rings (SSSR count). The van der Waals surface area contributed by atoms with E-state index in [9.17, 15) is 28.8 Å². The second-order valence-electron chi connectivity index (χ2n) is 11.5. The van der Waals surface area contributed by atoms with E-state index in [0.717, 1.165) is 5.56 Å². The van der Waals surface area contributed by atoms with Gasteiger partial charge < -0.3 is 42.2 Å².